The molecule has 150 heavy (non-hydrogen) atoms. The predicted octanol–water partition coefficient (Wildman–Crippen LogP) is 38.1. The highest BCUT2D eigenvalue weighted by molar-refractivity contribution is 8.03. The van der Waals surface area contributed by atoms with E-state index in [2.05, 4.69) is 224 Å². The molecule has 6 aliphatic heterocycles. The molecule has 24 heteroatoms. The molecule has 17 rings (SSSR count). The molecule has 7 aromatic carbocycles. The van der Waals surface area contributed by atoms with E-state index in [1.165, 1.54) is 326 Å². The molecule has 4 aromatic heterocycles. The van der Waals surface area contributed by atoms with Gasteiger partial charge in [0, 0.05) is 105 Å². The first-order chi connectivity index (χ1) is 73.4. The summed E-state index contributed by atoms with van der Waals surface area (Å²) in [6.45, 7) is 32.4. The lowest BCUT2D eigenvalue weighted by molar-refractivity contribution is 0.526. The zero-order valence-corrected chi connectivity index (χ0v) is 100. The molecule has 8 bridgehead atoms. The molecule has 802 valence electrons. The van der Waals surface area contributed by atoms with Crippen LogP contribution in [-0.2, 0) is 10.8 Å². The summed E-state index contributed by atoms with van der Waals surface area (Å²) in [5.41, 5.74) is 9.16. The summed E-state index contributed by atoms with van der Waals surface area (Å²) in [5, 5.41) is 8.03. The molecule has 0 radical (unpaired) electrons. The van der Waals surface area contributed by atoms with Crippen LogP contribution in [0.5, 0.6) is 11.5 Å². The number of benzene rings is 7. The molecule has 0 aliphatic carbocycles. The van der Waals surface area contributed by atoms with Gasteiger partial charge < -0.3 is 9.31 Å². The zero-order chi connectivity index (χ0) is 104. The summed E-state index contributed by atoms with van der Waals surface area (Å²) in [7, 11) is -1.73. The topological polar surface area (TPSA) is 137 Å². The average molecular weight is 2170 g/mol. The molecule has 0 saturated carbocycles. The first kappa shape index (κ1) is 114. The second-order valence-electron chi connectivity index (χ2n) is 44.9. The van der Waals surface area contributed by atoms with Crippen LogP contribution in [0.4, 0.5) is 23.3 Å². The van der Waals surface area contributed by atoms with Crippen molar-refractivity contribution in [3.63, 3.8) is 0 Å². The monoisotopic (exact) mass is 2160 g/mol. The standard InChI is InChI=1S/C126H172B2N12O2S8/c1-15-23-31-39-47-55-71-143-105-81-95-96(82-106(105)144-72-56-48-40-32-24-16-2)116-130-115(95)133-117-97-79-93-94(80-98(97)121-135-122-102-86-110(148-76-60-52-44-36-28-20-6)109(147-75-59-51-43-35-27-19-5)85-101(102)120(134-116)140(122)127(137(117)121)141-91-67-63-89(64-68-91)125(9,10)11)114-129-113(93)131-118-99-83-107(145-73-57-49-41-33-25-17-3)111(149-77-61-53-45-37-29-21-7)87-103(99)123-136-124-104-88-112(150-78-62-54-46-38-30-22-8)108(146-74-58-50-42-34-26-18-4)84-100(104)119(132-114)139(124)128(138(118)123)142-92-69-65-90(66-70-92)126(12,13)14/h63-70,79-88H,15-62,71-78H2,1-14H3. The van der Waals surface area contributed by atoms with Crippen LogP contribution in [0, 0.1) is 0 Å². The molecule has 0 saturated heterocycles. The summed E-state index contributed by atoms with van der Waals surface area (Å²) in [5.74, 6) is 15.2. The van der Waals surface area contributed by atoms with Crippen molar-refractivity contribution < 1.29 is 9.31 Å². The van der Waals surface area contributed by atoms with Gasteiger partial charge in [-0.1, -0.05) is 378 Å². The Bertz CT molecular complexity index is 6800. The maximum atomic E-state index is 8.05. The van der Waals surface area contributed by atoms with Crippen LogP contribution in [0.2, 0.25) is 0 Å². The van der Waals surface area contributed by atoms with Crippen molar-refractivity contribution in [2.24, 2.45) is 39.9 Å². The highest BCUT2D eigenvalue weighted by atomic mass is 32.2. The lowest BCUT2D eigenvalue weighted by Gasteiger charge is -2.24. The van der Waals surface area contributed by atoms with Crippen LogP contribution in [0.3, 0.4) is 0 Å². The molecule has 0 fully saturated rings. The van der Waals surface area contributed by atoms with Gasteiger partial charge in [0.2, 0.25) is 0 Å². The van der Waals surface area contributed by atoms with E-state index in [9.17, 15) is 0 Å². The number of fused-ring (bicyclic) bond motifs is 20. The second kappa shape index (κ2) is 56.8. The summed E-state index contributed by atoms with van der Waals surface area (Å²) in [6, 6.07) is 42.5. The van der Waals surface area contributed by atoms with Gasteiger partial charge in [0.1, 0.15) is 56.7 Å². The third kappa shape index (κ3) is 28.3. The van der Waals surface area contributed by atoms with Gasteiger partial charge in [-0.05, 0) is 204 Å². The van der Waals surface area contributed by atoms with E-state index in [1.54, 1.807) is 0 Å². The van der Waals surface area contributed by atoms with Crippen molar-refractivity contribution in [2.75, 3.05) is 46.0 Å². The molecule has 0 N–H and O–H groups in total. The van der Waals surface area contributed by atoms with Crippen LogP contribution < -0.4 is 31.3 Å². The number of unbranched alkanes of at least 4 members (excludes halogenated alkanes) is 40. The van der Waals surface area contributed by atoms with Crippen molar-refractivity contribution >= 4 is 198 Å². The minimum absolute atomic E-state index is 0.0855. The number of aliphatic imine (C=N–C) groups is 4. The SMILES string of the molecule is CCCCCCCCSc1cc2c(cc1SCCCCCCCC)C1=Nc3c4cc5c(cc4c4n3B(Oc3ccc(C(C)(C)C)cc3)n3c(c6cc(SCCCCCCCC)c(SCCCCCCCC)cc6c3=N4)=NC2=N1)C1=Nc2c3cc(SCCCCCCCC)c(SCCCCCCCC)cc3c3n2B(Oc2ccc(C(C)(C)C)cc2)n2c(c4cc(SCCCCCCCC)c(SCCCCCCCC)cc4c2=N3)=NC5=N1. The highest BCUT2D eigenvalue weighted by Gasteiger charge is 2.45. The van der Waals surface area contributed by atoms with Gasteiger partial charge in [-0.15, -0.1) is 94.1 Å². The molecular formula is C126H172B2N12O2S8. The maximum Gasteiger partial charge on any atom is 0.633 e. The highest BCUT2D eigenvalue weighted by Crippen LogP contribution is 2.51. The van der Waals surface area contributed by atoms with Gasteiger partial charge >= 0.3 is 14.4 Å². The fraction of sp³-hybridized carbons (Fsp3) is 0.571. The van der Waals surface area contributed by atoms with E-state index in [1.807, 2.05) is 94.1 Å². The smallest absolute Gasteiger partial charge is 0.523 e. The number of hydrogen-bond donors (Lipinski definition) is 0. The molecule has 10 heterocycles. The van der Waals surface area contributed by atoms with E-state index in [4.69, 9.17) is 49.2 Å². The maximum absolute atomic E-state index is 8.05. The predicted molar refractivity (Wildman–Crippen MR) is 661 cm³/mol. The Balaban J connectivity index is 0.951. The van der Waals surface area contributed by atoms with Crippen LogP contribution in [0.1, 0.15) is 439 Å². The minimum Gasteiger partial charge on any atom is -0.523 e. The van der Waals surface area contributed by atoms with Crippen LogP contribution in [0.25, 0.3) is 43.1 Å². The lowest BCUT2D eigenvalue weighted by atomic mass is 9.87. The van der Waals surface area contributed by atoms with Crippen molar-refractivity contribution in [1.82, 2.24) is 17.9 Å². The Morgan fingerprint density at radius 2 is 0.400 bits per heavy atom. The second-order valence-corrected chi connectivity index (χ2v) is 54.0. The summed E-state index contributed by atoms with van der Waals surface area (Å²) < 4.78 is 25.4. The van der Waals surface area contributed by atoms with Crippen molar-refractivity contribution in [1.29, 1.82) is 0 Å². The summed E-state index contributed by atoms with van der Waals surface area (Å²) >= 11 is 16.2. The molecule has 0 amide bonds. The Morgan fingerprint density at radius 1 is 0.207 bits per heavy atom. The summed E-state index contributed by atoms with van der Waals surface area (Å²) in [6.07, 6.45) is 59.9. The lowest BCUT2D eigenvalue weighted by Crippen LogP contribution is -2.52. The number of hydrogen-bond acceptors (Lipinski definition) is 18. The number of aromatic nitrogens is 4. The van der Waals surface area contributed by atoms with E-state index < -0.39 is 14.4 Å². The molecule has 6 aliphatic rings. The van der Waals surface area contributed by atoms with Gasteiger partial charge in [0.05, 0.1) is 0 Å². The molecule has 11 aromatic rings. The van der Waals surface area contributed by atoms with Crippen LogP contribution in [0.15, 0.2) is 188 Å². The summed E-state index contributed by atoms with van der Waals surface area (Å²) in [4.78, 5) is 59.8. The molecule has 0 atom stereocenters. The van der Waals surface area contributed by atoms with Gasteiger partial charge in [-0.2, -0.15) is 0 Å². The molecule has 0 spiro atoms. The fourth-order valence-electron chi connectivity index (χ4n) is 21.8. The van der Waals surface area contributed by atoms with Gasteiger partial charge in [0.15, 0.2) is 23.3 Å². The van der Waals surface area contributed by atoms with Gasteiger partial charge in [0.25, 0.3) is 0 Å². The fourth-order valence-corrected chi connectivity index (χ4v) is 31.0. The molecule has 0 unspecified atom stereocenters. The van der Waals surface area contributed by atoms with Crippen LogP contribution >= 0.6 is 94.1 Å². The molecular weight excluding hydrogens is 1990 g/mol. The quantitative estimate of drug-likeness (QED) is 0.0206. The van der Waals surface area contributed by atoms with Crippen molar-refractivity contribution in [3.05, 3.63) is 165 Å². The number of nitrogens with zero attached hydrogens (tertiary/aromatic N) is 12. The van der Waals surface area contributed by atoms with Gasteiger partial charge in [-0.25, -0.2) is 39.9 Å². The van der Waals surface area contributed by atoms with E-state index >= 15 is 0 Å². The normalized spacial score (nSPS) is 13.7. The van der Waals surface area contributed by atoms with Crippen LogP contribution in [-0.4, -0.2) is 102 Å². The van der Waals surface area contributed by atoms with Gasteiger partial charge in [-0.3, -0.25) is 17.9 Å². The Hall–Kier alpha value is -6.89. The number of rotatable bonds is 68. The van der Waals surface area contributed by atoms with Crippen molar-refractivity contribution in [3.8, 4) is 11.5 Å². The average Bonchev–Trinajstić information content (AvgIpc) is 1.53. The largest absolute Gasteiger partial charge is 0.633 e. The van der Waals surface area contributed by atoms with E-state index in [0.29, 0.717) is 29.2 Å². The molecule has 14 nitrogen and oxygen atoms in total. The minimum atomic E-state index is -0.892. The zero-order valence-electron chi connectivity index (χ0n) is 93.6. The third-order valence-electron chi connectivity index (χ3n) is 30.8. The van der Waals surface area contributed by atoms with E-state index in [0.717, 1.165) is 194 Å². The third-order valence-corrected chi connectivity index (χ3v) is 40.4. The number of thioether (sulfide) groups is 8. The number of amidine groups is 4. The Morgan fingerprint density at radius 3 is 0.640 bits per heavy atom. The van der Waals surface area contributed by atoms with E-state index in [-0.39, 0.29) is 10.8 Å². The van der Waals surface area contributed by atoms with Crippen molar-refractivity contribution in [2.45, 2.75) is 455 Å². The Kier molecular flexibility index (Phi) is 43.3. The first-order valence-corrected chi connectivity index (χ1v) is 67.2. The Labute approximate surface area is 934 Å². The first-order valence-electron chi connectivity index (χ1n) is 59.3.